The molecule has 2 N–H and O–H groups in total. The van der Waals surface area contributed by atoms with Crippen molar-refractivity contribution in [3.63, 3.8) is 0 Å². The van der Waals surface area contributed by atoms with Crippen molar-refractivity contribution in [2.24, 2.45) is 0 Å². The van der Waals surface area contributed by atoms with Crippen molar-refractivity contribution < 1.29 is 0 Å². The van der Waals surface area contributed by atoms with Gasteiger partial charge in [-0.3, -0.25) is 0 Å². The second-order valence-electron chi connectivity index (χ2n) is 4.14. The molecular weight excluding hydrogens is 243 g/mol. The molecule has 1 aliphatic rings. The lowest BCUT2D eigenvalue weighted by Gasteiger charge is -2.24. The van der Waals surface area contributed by atoms with Gasteiger partial charge in [-0.2, -0.15) is 0 Å². The van der Waals surface area contributed by atoms with Gasteiger partial charge in [0.15, 0.2) is 0 Å². The van der Waals surface area contributed by atoms with Crippen molar-refractivity contribution in [2.45, 2.75) is 24.9 Å². The molecular formula is C12H16Cl2N2. The van der Waals surface area contributed by atoms with Gasteiger partial charge in [0, 0.05) is 12.1 Å². The zero-order valence-corrected chi connectivity index (χ0v) is 10.8. The Morgan fingerprint density at radius 2 is 2.19 bits per heavy atom. The molecule has 2 unspecified atom stereocenters. The predicted octanol–water partition coefficient (Wildman–Crippen LogP) is 3.01. The Balaban J connectivity index is 2.22. The maximum absolute atomic E-state index is 6.04. The molecule has 0 bridgehead atoms. The number of nitrogens with one attached hydrogen (secondary N) is 2. The number of halogens is 2. The molecule has 88 valence electrons. The van der Waals surface area contributed by atoms with E-state index >= 15 is 0 Å². The van der Waals surface area contributed by atoms with E-state index in [2.05, 4.69) is 10.6 Å². The molecule has 0 spiro atoms. The molecule has 1 fully saturated rings. The highest BCUT2D eigenvalue weighted by Gasteiger charge is 2.24. The Morgan fingerprint density at radius 1 is 1.38 bits per heavy atom. The van der Waals surface area contributed by atoms with Crippen molar-refractivity contribution >= 4 is 23.2 Å². The van der Waals surface area contributed by atoms with E-state index in [0.717, 1.165) is 6.54 Å². The van der Waals surface area contributed by atoms with E-state index in [4.69, 9.17) is 23.2 Å². The summed E-state index contributed by atoms with van der Waals surface area (Å²) in [4.78, 5) is 0. The van der Waals surface area contributed by atoms with Gasteiger partial charge in [-0.05, 0) is 44.1 Å². The molecule has 1 saturated heterocycles. The van der Waals surface area contributed by atoms with Crippen LogP contribution in [0.4, 0.5) is 0 Å². The first-order chi connectivity index (χ1) is 7.72. The molecule has 1 heterocycles. The van der Waals surface area contributed by atoms with Crippen LogP contribution in [-0.2, 0) is 0 Å². The number of likely N-dealkylation sites (N-methyl/N-ethyl adjacent to an activating group) is 1. The molecule has 2 rings (SSSR count). The summed E-state index contributed by atoms with van der Waals surface area (Å²) in [5.41, 5.74) is 1.19. The average Bonchev–Trinajstić information content (AvgIpc) is 2.78. The summed E-state index contributed by atoms with van der Waals surface area (Å²) in [5, 5.41) is 8.08. The van der Waals surface area contributed by atoms with Gasteiger partial charge in [0.05, 0.1) is 10.0 Å². The summed E-state index contributed by atoms with van der Waals surface area (Å²) in [7, 11) is 1.98. The van der Waals surface area contributed by atoms with E-state index in [1.165, 1.54) is 18.4 Å². The molecule has 0 radical (unpaired) electrons. The summed E-state index contributed by atoms with van der Waals surface area (Å²) in [6.45, 7) is 1.10. The maximum Gasteiger partial charge on any atom is 0.0595 e. The van der Waals surface area contributed by atoms with Crippen molar-refractivity contribution in [3.8, 4) is 0 Å². The minimum absolute atomic E-state index is 0.303. The Bertz CT molecular complexity index is 362. The van der Waals surface area contributed by atoms with Gasteiger partial charge < -0.3 is 10.6 Å². The highest BCUT2D eigenvalue weighted by molar-refractivity contribution is 6.42. The normalized spacial score (nSPS) is 22.3. The molecule has 16 heavy (non-hydrogen) atoms. The number of hydrogen-bond acceptors (Lipinski definition) is 2. The number of benzene rings is 1. The van der Waals surface area contributed by atoms with Crippen LogP contribution in [0.25, 0.3) is 0 Å². The number of hydrogen-bond donors (Lipinski definition) is 2. The summed E-state index contributed by atoms with van der Waals surface area (Å²) >= 11 is 12.0. The van der Waals surface area contributed by atoms with Crippen LogP contribution in [0.2, 0.25) is 10.0 Å². The van der Waals surface area contributed by atoms with Gasteiger partial charge in [0.1, 0.15) is 0 Å². The van der Waals surface area contributed by atoms with Crippen LogP contribution in [0.1, 0.15) is 24.4 Å². The van der Waals surface area contributed by atoms with E-state index in [9.17, 15) is 0 Å². The smallest absolute Gasteiger partial charge is 0.0595 e. The zero-order chi connectivity index (χ0) is 11.5. The van der Waals surface area contributed by atoms with Crippen LogP contribution in [-0.4, -0.2) is 19.6 Å². The van der Waals surface area contributed by atoms with Crippen LogP contribution in [0.15, 0.2) is 18.2 Å². The largest absolute Gasteiger partial charge is 0.312 e. The second kappa shape index (κ2) is 5.37. The van der Waals surface area contributed by atoms with E-state index in [0.29, 0.717) is 22.1 Å². The fourth-order valence-electron chi connectivity index (χ4n) is 2.30. The lowest BCUT2D eigenvalue weighted by atomic mass is 9.98. The van der Waals surface area contributed by atoms with Gasteiger partial charge in [0.25, 0.3) is 0 Å². The summed E-state index contributed by atoms with van der Waals surface area (Å²) in [6, 6.07) is 6.64. The van der Waals surface area contributed by atoms with Crippen molar-refractivity contribution in [2.75, 3.05) is 13.6 Å². The van der Waals surface area contributed by atoms with Gasteiger partial charge >= 0.3 is 0 Å². The van der Waals surface area contributed by atoms with Crippen LogP contribution >= 0.6 is 23.2 Å². The minimum Gasteiger partial charge on any atom is -0.312 e. The molecule has 0 amide bonds. The summed E-state index contributed by atoms with van der Waals surface area (Å²) < 4.78 is 0. The lowest BCUT2D eigenvalue weighted by Crippen LogP contribution is -2.36. The third kappa shape index (κ3) is 2.51. The van der Waals surface area contributed by atoms with Gasteiger partial charge in [0.2, 0.25) is 0 Å². The average molecular weight is 259 g/mol. The first-order valence-corrected chi connectivity index (χ1v) is 6.33. The van der Waals surface area contributed by atoms with Gasteiger partial charge in [-0.15, -0.1) is 0 Å². The van der Waals surface area contributed by atoms with Crippen molar-refractivity contribution in [1.29, 1.82) is 0 Å². The first kappa shape index (κ1) is 12.2. The van der Waals surface area contributed by atoms with Crippen molar-refractivity contribution in [1.82, 2.24) is 10.6 Å². The maximum atomic E-state index is 6.04. The third-order valence-electron chi connectivity index (χ3n) is 3.11. The van der Waals surface area contributed by atoms with Gasteiger partial charge in [-0.25, -0.2) is 0 Å². The first-order valence-electron chi connectivity index (χ1n) is 5.58. The Hall–Kier alpha value is -0.280. The molecule has 4 heteroatoms. The van der Waals surface area contributed by atoms with Crippen LogP contribution in [0.3, 0.4) is 0 Å². The van der Waals surface area contributed by atoms with E-state index in [1.807, 2.05) is 25.2 Å². The van der Waals surface area contributed by atoms with Crippen LogP contribution in [0.5, 0.6) is 0 Å². The quantitative estimate of drug-likeness (QED) is 0.871. The molecule has 1 aliphatic heterocycles. The van der Waals surface area contributed by atoms with Crippen molar-refractivity contribution in [3.05, 3.63) is 33.8 Å². The molecule has 1 aromatic carbocycles. The molecule has 0 aliphatic carbocycles. The topological polar surface area (TPSA) is 24.1 Å². The highest BCUT2D eigenvalue weighted by atomic mass is 35.5. The fourth-order valence-corrected chi connectivity index (χ4v) is 2.61. The van der Waals surface area contributed by atoms with E-state index in [1.54, 1.807) is 0 Å². The molecule has 2 nitrogen and oxygen atoms in total. The van der Waals surface area contributed by atoms with Gasteiger partial charge in [-0.1, -0.05) is 29.3 Å². The Labute approximate surface area is 106 Å². The zero-order valence-electron chi connectivity index (χ0n) is 9.26. The SMILES string of the molecule is CNC(c1ccc(Cl)c(Cl)c1)C1CCCN1. The summed E-state index contributed by atoms with van der Waals surface area (Å²) in [5.74, 6) is 0. The standard InChI is InChI=1S/C12H16Cl2N2/c1-15-12(11-3-2-6-16-11)8-4-5-9(13)10(14)7-8/h4-5,7,11-12,15-16H,2-3,6H2,1H3. The molecule has 1 aromatic rings. The third-order valence-corrected chi connectivity index (χ3v) is 3.85. The fraction of sp³-hybridized carbons (Fsp3) is 0.500. The molecule has 2 atom stereocenters. The monoisotopic (exact) mass is 258 g/mol. The molecule has 0 aromatic heterocycles. The summed E-state index contributed by atoms with van der Waals surface area (Å²) in [6.07, 6.45) is 2.44. The second-order valence-corrected chi connectivity index (χ2v) is 4.96. The van der Waals surface area contributed by atoms with Crippen LogP contribution in [0, 0.1) is 0 Å². The van der Waals surface area contributed by atoms with Crippen LogP contribution < -0.4 is 10.6 Å². The predicted molar refractivity (Wildman–Crippen MR) is 69.3 cm³/mol. The highest BCUT2D eigenvalue weighted by Crippen LogP contribution is 2.28. The Kier molecular flexibility index (Phi) is 4.09. The van der Waals surface area contributed by atoms with E-state index in [-0.39, 0.29) is 0 Å². The Morgan fingerprint density at radius 3 is 2.75 bits per heavy atom. The molecule has 0 saturated carbocycles. The lowest BCUT2D eigenvalue weighted by molar-refractivity contribution is 0.440. The number of rotatable bonds is 3. The van der Waals surface area contributed by atoms with E-state index < -0.39 is 0 Å². The minimum atomic E-state index is 0.303.